The zero-order chi connectivity index (χ0) is 23.4. The van der Waals surface area contributed by atoms with E-state index >= 15 is 0 Å². The molecule has 0 N–H and O–H groups in total. The molecule has 0 saturated heterocycles. The molecule has 0 fully saturated rings. The smallest absolute Gasteiger partial charge is 0.338 e. The number of hydrogen-bond acceptors (Lipinski definition) is 5. The lowest BCUT2D eigenvalue weighted by Gasteiger charge is -2.20. The summed E-state index contributed by atoms with van der Waals surface area (Å²) in [6, 6.07) is 12.9. The first-order chi connectivity index (χ1) is 14.4. The zero-order valence-electron chi connectivity index (χ0n) is 19.0. The Hall–Kier alpha value is -2.51. The molecule has 0 aromatic heterocycles. The van der Waals surface area contributed by atoms with E-state index in [0.29, 0.717) is 18.7 Å². The minimum atomic E-state index is -3.70. The summed E-state index contributed by atoms with van der Waals surface area (Å²) in [6.07, 6.45) is -1.00. The predicted molar refractivity (Wildman–Crippen MR) is 121 cm³/mol. The van der Waals surface area contributed by atoms with Crippen LogP contribution < -0.4 is 0 Å². The monoisotopic (exact) mass is 445 g/mol. The van der Waals surface area contributed by atoms with E-state index in [0.717, 1.165) is 5.56 Å². The molecule has 0 spiro atoms. The second-order valence-electron chi connectivity index (χ2n) is 8.36. The second-order valence-corrected chi connectivity index (χ2v) is 10.3. The van der Waals surface area contributed by atoms with Crippen LogP contribution in [0.5, 0.6) is 0 Å². The fourth-order valence-corrected chi connectivity index (χ4v) is 4.65. The first-order valence-corrected chi connectivity index (χ1v) is 11.8. The number of benzene rings is 2. The molecule has 0 amide bonds. The third kappa shape index (κ3) is 5.80. The molecule has 0 aliphatic heterocycles. The minimum absolute atomic E-state index is 0.0161. The van der Waals surface area contributed by atoms with Crippen molar-refractivity contribution in [2.45, 2.75) is 58.0 Å². The Morgan fingerprint density at radius 3 is 2.06 bits per heavy atom. The van der Waals surface area contributed by atoms with Gasteiger partial charge in [0.1, 0.15) is 0 Å². The first-order valence-electron chi connectivity index (χ1n) is 10.4. The molecule has 0 bridgehead atoms. The van der Waals surface area contributed by atoms with Gasteiger partial charge in [0.15, 0.2) is 6.10 Å². The van der Waals surface area contributed by atoms with Crippen LogP contribution in [0, 0.1) is 0 Å². The Balaban J connectivity index is 2.17. The van der Waals surface area contributed by atoms with Crippen LogP contribution in [-0.4, -0.2) is 43.7 Å². The number of sulfonamides is 1. The summed E-state index contributed by atoms with van der Waals surface area (Å²) in [6.45, 7) is 11.9. The van der Waals surface area contributed by atoms with Gasteiger partial charge in [-0.2, -0.15) is 4.31 Å². The summed E-state index contributed by atoms with van der Waals surface area (Å²) in [5.41, 5.74) is 1.60. The normalized spacial score (nSPS) is 13.1. The van der Waals surface area contributed by atoms with Crippen LogP contribution in [0.15, 0.2) is 53.4 Å². The Kier molecular flexibility index (Phi) is 7.78. The second kappa shape index (κ2) is 9.75. The fraction of sp³-hybridized carbons (Fsp3) is 0.417. The lowest BCUT2D eigenvalue weighted by atomic mass is 9.86. The lowest BCUT2D eigenvalue weighted by molar-refractivity contribution is 0.0318. The first kappa shape index (κ1) is 24.8. The van der Waals surface area contributed by atoms with Crippen molar-refractivity contribution in [3.05, 3.63) is 65.2 Å². The van der Waals surface area contributed by atoms with Crippen molar-refractivity contribution in [2.75, 3.05) is 13.1 Å². The number of ketones is 1. The molecule has 168 valence electrons. The molecule has 31 heavy (non-hydrogen) atoms. The molecular formula is C24H31NO5S. The van der Waals surface area contributed by atoms with Crippen LogP contribution in [-0.2, 0) is 20.2 Å². The highest BCUT2D eigenvalue weighted by molar-refractivity contribution is 7.89. The van der Waals surface area contributed by atoms with E-state index in [1.54, 1.807) is 26.0 Å². The number of Topliss-reactive ketones (excluding diaryl/α,β-unsaturated/α-hetero) is 1. The van der Waals surface area contributed by atoms with Gasteiger partial charge in [0.2, 0.25) is 15.8 Å². The highest BCUT2D eigenvalue weighted by atomic mass is 32.2. The maximum atomic E-state index is 12.7. The van der Waals surface area contributed by atoms with Gasteiger partial charge in [-0.25, -0.2) is 13.2 Å². The average Bonchev–Trinajstić information content (AvgIpc) is 2.73. The molecular weight excluding hydrogens is 414 g/mol. The molecule has 2 aromatic rings. The van der Waals surface area contributed by atoms with Crippen molar-refractivity contribution in [1.29, 1.82) is 0 Å². The summed E-state index contributed by atoms with van der Waals surface area (Å²) in [7, 11) is -3.70. The minimum Gasteiger partial charge on any atom is -0.451 e. The standard InChI is InChI=1S/C24H31NO5S/c1-7-25(8-2)31(28,29)21-11-9-10-19(16-21)23(27)30-17(3)22(26)18-12-14-20(15-13-18)24(4,5)6/h9-17H,7-8H2,1-6H3. The van der Waals surface area contributed by atoms with Gasteiger partial charge in [-0.3, -0.25) is 4.79 Å². The maximum Gasteiger partial charge on any atom is 0.338 e. The van der Waals surface area contributed by atoms with Crippen molar-refractivity contribution in [3.8, 4) is 0 Å². The highest BCUT2D eigenvalue weighted by Gasteiger charge is 2.25. The maximum absolute atomic E-state index is 12.7. The number of rotatable bonds is 8. The number of nitrogens with zero attached hydrogens (tertiary/aromatic N) is 1. The van der Waals surface area contributed by atoms with Gasteiger partial charge in [-0.15, -0.1) is 0 Å². The topological polar surface area (TPSA) is 80.8 Å². The zero-order valence-corrected chi connectivity index (χ0v) is 19.8. The Bertz CT molecular complexity index is 1030. The van der Waals surface area contributed by atoms with Crippen molar-refractivity contribution < 1.29 is 22.7 Å². The van der Waals surface area contributed by atoms with Crippen molar-refractivity contribution in [2.24, 2.45) is 0 Å². The Labute approximate surface area is 185 Å². The van der Waals surface area contributed by atoms with Crippen LogP contribution in [0.1, 0.15) is 67.8 Å². The quantitative estimate of drug-likeness (QED) is 0.443. The molecule has 0 aliphatic carbocycles. The fourth-order valence-electron chi connectivity index (χ4n) is 3.15. The summed E-state index contributed by atoms with van der Waals surface area (Å²) < 4.78 is 32.0. The van der Waals surface area contributed by atoms with Gasteiger partial charge in [-0.05, 0) is 36.1 Å². The number of ether oxygens (including phenoxy) is 1. The van der Waals surface area contributed by atoms with E-state index in [9.17, 15) is 18.0 Å². The number of carbonyl (C=O) groups is 2. The molecule has 1 unspecified atom stereocenters. The van der Waals surface area contributed by atoms with Gasteiger partial charge in [-0.1, -0.05) is 65.0 Å². The van der Waals surface area contributed by atoms with E-state index in [4.69, 9.17) is 4.74 Å². The molecule has 1 atom stereocenters. The number of esters is 1. The van der Waals surface area contributed by atoms with Crippen LogP contribution >= 0.6 is 0 Å². The van der Waals surface area contributed by atoms with Crippen molar-refractivity contribution >= 4 is 21.8 Å². The third-order valence-corrected chi connectivity index (χ3v) is 7.15. The lowest BCUT2D eigenvalue weighted by Crippen LogP contribution is -2.30. The van der Waals surface area contributed by atoms with Gasteiger partial charge in [0.05, 0.1) is 10.5 Å². The molecule has 0 heterocycles. The molecule has 2 aromatic carbocycles. The molecule has 0 aliphatic rings. The summed E-state index contributed by atoms with van der Waals surface area (Å²) in [5.74, 6) is -1.07. The molecule has 0 radical (unpaired) electrons. The summed E-state index contributed by atoms with van der Waals surface area (Å²) in [5, 5.41) is 0. The van der Waals surface area contributed by atoms with Gasteiger partial charge < -0.3 is 4.74 Å². The van der Waals surface area contributed by atoms with Crippen LogP contribution in [0.25, 0.3) is 0 Å². The molecule has 6 nitrogen and oxygen atoms in total. The SMILES string of the molecule is CCN(CC)S(=O)(=O)c1cccc(C(=O)OC(C)C(=O)c2ccc(C(C)(C)C)cc2)c1. The number of carbonyl (C=O) groups excluding carboxylic acids is 2. The van der Waals surface area contributed by atoms with Crippen LogP contribution in [0.2, 0.25) is 0 Å². The van der Waals surface area contributed by atoms with E-state index in [1.165, 1.54) is 35.5 Å². The Morgan fingerprint density at radius 1 is 0.968 bits per heavy atom. The van der Waals surface area contributed by atoms with Crippen LogP contribution in [0.3, 0.4) is 0 Å². The Morgan fingerprint density at radius 2 is 1.55 bits per heavy atom. The summed E-state index contributed by atoms with van der Waals surface area (Å²) >= 11 is 0. The van der Waals surface area contributed by atoms with E-state index in [-0.39, 0.29) is 21.7 Å². The third-order valence-electron chi connectivity index (χ3n) is 5.10. The molecule has 0 saturated carbocycles. The van der Waals surface area contributed by atoms with Gasteiger partial charge >= 0.3 is 5.97 Å². The van der Waals surface area contributed by atoms with E-state index < -0.39 is 22.1 Å². The highest BCUT2D eigenvalue weighted by Crippen LogP contribution is 2.23. The van der Waals surface area contributed by atoms with Crippen molar-refractivity contribution in [3.63, 3.8) is 0 Å². The van der Waals surface area contributed by atoms with Gasteiger partial charge in [0.25, 0.3) is 0 Å². The summed E-state index contributed by atoms with van der Waals surface area (Å²) in [4.78, 5) is 25.3. The molecule has 7 heteroatoms. The van der Waals surface area contributed by atoms with E-state index in [2.05, 4.69) is 20.8 Å². The van der Waals surface area contributed by atoms with Gasteiger partial charge in [0, 0.05) is 18.7 Å². The average molecular weight is 446 g/mol. The van der Waals surface area contributed by atoms with Crippen molar-refractivity contribution in [1.82, 2.24) is 4.31 Å². The van der Waals surface area contributed by atoms with Crippen LogP contribution in [0.4, 0.5) is 0 Å². The predicted octanol–water partition coefficient (Wildman–Crippen LogP) is 4.44. The largest absolute Gasteiger partial charge is 0.451 e. The number of hydrogen-bond donors (Lipinski definition) is 0. The van der Waals surface area contributed by atoms with E-state index in [1.807, 2.05) is 12.1 Å². The molecule has 2 rings (SSSR count).